The first-order valence-corrected chi connectivity index (χ1v) is 32.9. The van der Waals surface area contributed by atoms with Crippen LogP contribution in [0.1, 0.15) is 114 Å². The molecule has 0 spiro atoms. The van der Waals surface area contributed by atoms with Gasteiger partial charge in [0.05, 0.1) is 41.7 Å². The molecule has 2 amide bonds. The second kappa shape index (κ2) is 21.1. The van der Waals surface area contributed by atoms with E-state index >= 15 is 18.0 Å². The molecule has 6 aromatic rings. The number of hydrogen-bond acceptors (Lipinski definition) is 9. The molecule has 4 atom stereocenters. The monoisotopic (exact) mass is 1120 g/mol. The highest BCUT2D eigenvalue weighted by Gasteiger charge is 2.63. The number of benzene rings is 4. The number of carbonyl (C=O) groups is 2. The van der Waals surface area contributed by atoms with Gasteiger partial charge in [-0.1, -0.05) is 145 Å². The zero-order valence-electron chi connectivity index (χ0n) is 48.5. The van der Waals surface area contributed by atoms with Crippen LogP contribution in [0.5, 0.6) is 11.8 Å². The van der Waals surface area contributed by atoms with E-state index in [1.54, 1.807) is 11.0 Å². The average molecular weight is 1120 g/mol. The Morgan fingerprint density at radius 3 is 1.99 bits per heavy atom. The number of anilines is 1. The van der Waals surface area contributed by atoms with Crippen LogP contribution < -0.4 is 20.0 Å². The van der Waals surface area contributed by atoms with E-state index in [0.717, 1.165) is 23.2 Å². The van der Waals surface area contributed by atoms with E-state index in [9.17, 15) is 9.90 Å². The Bertz CT molecular complexity index is 3330. The molecule has 2 bridgehead atoms. The second-order valence-corrected chi connectivity index (χ2v) is 36.6. The van der Waals surface area contributed by atoms with Gasteiger partial charge in [-0.3, -0.25) is 14.7 Å². The third-order valence-corrected chi connectivity index (χ3v) is 30.7. The maximum absolute atomic E-state index is 18.1. The molecule has 4 aliphatic rings. The van der Waals surface area contributed by atoms with E-state index in [2.05, 4.69) is 98.0 Å². The van der Waals surface area contributed by atoms with Gasteiger partial charge in [-0.2, -0.15) is 9.97 Å². The SMILES string of the molecule is CC(C)[Si](C#Cc1c(F)ccc2cc(O)cc(-c3ncc4c(N5CC6CCC(C5)N6C(=O)OC(C)(C)C)nc(OCC5(CN6CC(F)C([Si](c7ccccc7)(c7ccccc7)C(C)(C)C)C6=O)CC5)nc4c3F)c12)(C(C)C)C(C)C. The molecule has 80 heavy (non-hydrogen) atoms. The molecule has 0 radical (unpaired) electrons. The van der Waals surface area contributed by atoms with Gasteiger partial charge in [-0.05, 0) is 91.7 Å². The Labute approximate surface area is 471 Å². The van der Waals surface area contributed by atoms with Gasteiger partial charge in [0.25, 0.3) is 0 Å². The molecule has 5 heterocycles. The predicted octanol–water partition coefficient (Wildman–Crippen LogP) is 12.8. The molecule has 4 unspecified atom stereocenters. The van der Waals surface area contributed by atoms with Crippen molar-refractivity contribution in [3.8, 4) is 34.5 Å². The van der Waals surface area contributed by atoms with Crippen molar-refractivity contribution in [2.75, 3.05) is 37.7 Å². The molecule has 16 heteroatoms. The van der Waals surface area contributed by atoms with Crippen LogP contribution in [0.3, 0.4) is 0 Å². The number of hydrogen-bond donors (Lipinski definition) is 1. The fourth-order valence-electron chi connectivity index (χ4n) is 14.3. The summed E-state index contributed by atoms with van der Waals surface area (Å²) in [5, 5.41) is 13.9. The first-order chi connectivity index (χ1) is 37.8. The van der Waals surface area contributed by atoms with Crippen LogP contribution >= 0.6 is 0 Å². The third-order valence-electron chi connectivity index (χ3n) is 18.0. The summed E-state index contributed by atoms with van der Waals surface area (Å²) >= 11 is 0. The summed E-state index contributed by atoms with van der Waals surface area (Å²) in [5.41, 5.74) is 2.33. The molecule has 2 aromatic heterocycles. The number of aromatic nitrogens is 3. The van der Waals surface area contributed by atoms with Crippen molar-refractivity contribution in [2.24, 2.45) is 5.41 Å². The van der Waals surface area contributed by atoms with Gasteiger partial charge >= 0.3 is 12.1 Å². The molecule has 4 aromatic carbocycles. The minimum Gasteiger partial charge on any atom is -0.508 e. The van der Waals surface area contributed by atoms with Gasteiger partial charge in [0.2, 0.25) is 5.91 Å². The summed E-state index contributed by atoms with van der Waals surface area (Å²) in [7, 11) is -5.57. The van der Waals surface area contributed by atoms with E-state index in [-0.39, 0.29) is 94.5 Å². The van der Waals surface area contributed by atoms with Crippen molar-refractivity contribution in [3.63, 3.8) is 0 Å². The number of fused-ring (bicyclic) bond motifs is 4. The molecule has 3 aliphatic heterocycles. The Hall–Kier alpha value is -6.45. The summed E-state index contributed by atoms with van der Waals surface area (Å²) in [6, 6.07) is 25.3. The van der Waals surface area contributed by atoms with Crippen LogP contribution in [-0.4, -0.2) is 115 Å². The van der Waals surface area contributed by atoms with Crippen LogP contribution in [0.2, 0.25) is 27.2 Å². The maximum Gasteiger partial charge on any atom is 0.410 e. The molecule has 3 saturated heterocycles. The zero-order valence-corrected chi connectivity index (χ0v) is 50.5. The minimum atomic E-state index is -3.20. The van der Waals surface area contributed by atoms with E-state index in [4.69, 9.17) is 24.4 Å². The number of alkyl halides is 1. The van der Waals surface area contributed by atoms with E-state index < -0.39 is 55.5 Å². The van der Waals surface area contributed by atoms with Crippen molar-refractivity contribution >= 4 is 66.0 Å². The number of amides is 2. The normalized spacial score (nSPS) is 20.3. The number of carbonyl (C=O) groups excluding carboxylic acids is 2. The smallest absolute Gasteiger partial charge is 0.410 e. The number of phenolic OH excluding ortho intramolecular Hbond substituents is 1. The van der Waals surface area contributed by atoms with Crippen molar-refractivity contribution in [1.29, 1.82) is 0 Å². The fourth-order valence-corrected chi connectivity index (χ4v) is 25.9. The highest BCUT2D eigenvalue weighted by molar-refractivity contribution is 7.07. The van der Waals surface area contributed by atoms with Crippen LogP contribution in [-0.2, 0) is 9.53 Å². The summed E-state index contributed by atoms with van der Waals surface area (Å²) in [6.07, 6.45) is 2.61. The first-order valence-electron chi connectivity index (χ1n) is 28.6. The molecular weight excluding hydrogens is 1050 g/mol. The van der Waals surface area contributed by atoms with Gasteiger partial charge in [-0.25, -0.2) is 18.0 Å². The topological polar surface area (TPSA) is 121 Å². The number of ether oxygens (including phenoxy) is 2. The van der Waals surface area contributed by atoms with Gasteiger partial charge in [-0.15, -0.1) is 5.54 Å². The Balaban J connectivity index is 1.04. The lowest BCUT2D eigenvalue weighted by atomic mass is 9.96. The number of aromatic hydroxyl groups is 1. The van der Waals surface area contributed by atoms with Crippen LogP contribution in [0, 0.1) is 28.5 Å². The van der Waals surface area contributed by atoms with E-state index in [0.29, 0.717) is 47.9 Å². The number of piperazine rings is 1. The second-order valence-electron chi connectivity index (χ2n) is 26.1. The molecule has 10 rings (SSSR count). The number of rotatable bonds is 13. The Kier molecular flexibility index (Phi) is 15.0. The van der Waals surface area contributed by atoms with Crippen LogP contribution in [0.25, 0.3) is 32.9 Å². The molecular formula is C64H77F3N6O5Si2. The van der Waals surface area contributed by atoms with Crippen molar-refractivity contribution in [3.05, 3.63) is 108 Å². The van der Waals surface area contributed by atoms with Gasteiger partial charge < -0.3 is 24.4 Å². The lowest BCUT2D eigenvalue weighted by Crippen LogP contribution is -2.69. The van der Waals surface area contributed by atoms with Crippen molar-refractivity contribution in [1.82, 2.24) is 24.8 Å². The lowest BCUT2D eigenvalue weighted by molar-refractivity contribution is -0.128. The van der Waals surface area contributed by atoms with E-state index in [1.165, 1.54) is 24.4 Å². The Morgan fingerprint density at radius 1 is 0.838 bits per heavy atom. The third kappa shape index (κ3) is 10.0. The highest BCUT2D eigenvalue weighted by Crippen LogP contribution is 2.52. The Morgan fingerprint density at radius 2 is 1.44 bits per heavy atom. The number of halogens is 3. The summed E-state index contributed by atoms with van der Waals surface area (Å²) in [4.78, 5) is 48.8. The highest BCUT2D eigenvalue weighted by atomic mass is 28.3. The molecule has 4 fully saturated rings. The quantitative estimate of drug-likeness (QED) is 0.0890. The predicted molar refractivity (Wildman–Crippen MR) is 317 cm³/mol. The summed E-state index contributed by atoms with van der Waals surface area (Å²) in [5.74, 6) is 1.91. The number of pyridine rings is 1. The van der Waals surface area contributed by atoms with Crippen LogP contribution in [0.15, 0.2) is 91.1 Å². The first kappa shape index (κ1) is 56.8. The van der Waals surface area contributed by atoms with Crippen molar-refractivity contribution in [2.45, 2.75) is 160 Å². The molecule has 1 N–H and O–H groups in total. The minimum absolute atomic E-state index is 0.0398. The standard InChI is InChI=1S/C64H77F3N6O5Si2/c1-39(2)79(40(3)4,41(5)6)30-27-48-51(65)26-23-42-31-45(74)32-49(53(42)48)55-54(67)56-50(33-68-55)58(71-34-43-24-25-44(35-71)73(43)61(76)78-62(7,8)9)70-60(69-56)77-38-64(28-29-64)37-72-36-52(66)57(59(72)75)80(63(10,11)12,46-19-15-13-16-20-46)47-21-17-14-18-22-47/h13-23,26,31-33,39-41,43-44,52,57,74H,24-25,28-29,34-38H2,1-12H3. The number of nitrogens with zero attached hydrogens (tertiary/aromatic N) is 6. The average Bonchev–Trinajstić information content (AvgIpc) is 4.20. The number of likely N-dealkylation sites (tertiary alicyclic amines) is 1. The largest absolute Gasteiger partial charge is 0.508 e. The molecule has 1 aliphatic carbocycles. The summed E-state index contributed by atoms with van der Waals surface area (Å²) < 4.78 is 64.2. The molecule has 1 saturated carbocycles. The molecule has 422 valence electrons. The van der Waals surface area contributed by atoms with Gasteiger partial charge in [0.1, 0.15) is 56.5 Å². The zero-order chi connectivity index (χ0) is 57.4. The van der Waals surface area contributed by atoms with Gasteiger partial charge in [0, 0.05) is 42.2 Å². The maximum atomic E-state index is 18.1. The van der Waals surface area contributed by atoms with Crippen molar-refractivity contribution < 1.29 is 37.3 Å². The lowest BCUT2D eigenvalue weighted by Gasteiger charge is -2.47. The van der Waals surface area contributed by atoms with Gasteiger partial charge in [0.15, 0.2) is 5.82 Å². The molecule has 11 nitrogen and oxygen atoms in total. The van der Waals surface area contributed by atoms with Crippen LogP contribution in [0.4, 0.5) is 23.8 Å². The number of phenols is 1. The summed E-state index contributed by atoms with van der Waals surface area (Å²) in [6.45, 7) is 26.1. The fraction of sp³-hybridized carbons (Fsp3) is 0.484. The van der Waals surface area contributed by atoms with E-state index in [1.807, 2.05) is 67.0 Å².